The molecule has 10 heteroatoms. The van der Waals surface area contributed by atoms with E-state index in [1.54, 1.807) is 24.0 Å². The summed E-state index contributed by atoms with van der Waals surface area (Å²) < 4.78 is 16.1. The van der Waals surface area contributed by atoms with E-state index in [4.69, 9.17) is 9.97 Å². The van der Waals surface area contributed by atoms with E-state index in [1.807, 2.05) is 12.3 Å². The largest absolute Gasteiger partial charge is 0.386 e. The van der Waals surface area contributed by atoms with Crippen molar-refractivity contribution in [3.8, 4) is 0 Å². The number of halogens is 1. The molecule has 5 aromatic rings. The predicted octanol–water partition coefficient (Wildman–Crippen LogP) is 4.23. The van der Waals surface area contributed by atoms with Crippen LogP contribution in [0.1, 0.15) is 13.3 Å². The summed E-state index contributed by atoms with van der Waals surface area (Å²) in [5.74, 6) is 0.877. The molecule has 1 aliphatic rings. The Morgan fingerprint density at radius 1 is 1.21 bits per heavy atom. The molecule has 6 rings (SSSR count). The fraction of sp³-hybridized carbons (Fsp3) is 0.217. The molecule has 0 saturated heterocycles. The van der Waals surface area contributed by atoms with E-state index in [1.165, 1.54) is 17.7 Å². The minimum Gasteiger partial charge on any atom is -0.386 e. The normalized spacial score (nSPS) is 14.3. The summed E-state index contributed by atoms with van der Waals surface area (Å²) >= 11 is 0. The summed E-state index contributed by atoms with van der Waals surface area (Å²) in [6.45, 7) is 3.70. The van der Waals surface area contributed by atoms with Crippen LogP contribution in [0.2, 0.25) is 0 Å². The number of hydrogen-bond acceptors (Lipinski definition) is 7. The van der Waals surface area contributed by atoms with Crippen molar-refractivity contribution in [2.75, 3.05) is 35.7 Å². The van der Waals surface area contributed by atoms with Gasteiger partial charge in [0.2, 0.25) is 5.95 Å². The second-order valence-electron chi connectivity index (χ2n) is 8.19. The molecule has 1 aliphatic heterocycles. The summed E-state index contributed by atoms with van der Waals surface area (Å²) in [5, 5.41) is 12.1. The van der Waals surface area contributed by atoms with Gasteiger partial charge in [-0.3, -0.25) is 0 Å². The summed E-state index contributed by atoms with van der Waals surface area (Å²) in [6.07, 6.45) is 8.40. The van der Waals surface area contributed by atoms with Gasteiger partial charge < -0.3 is 20.5 Å². The van der Waals surface area contributed by atoms with E-state index in [0.29, 0.717) is 23.0 Å². The van der Waals surface area contributed by atoms with E-state index in [9.17, 15) is 4.39 Å². The monoisotopic (exact) mass is 443 g/mol. The minimum atomic E-state index is -0.311. The lowest BCUT2D eigenvalue weighted by atomic mass is 10.1. The molecule has 4 aromatic heterocycles. The average molecular weight is 443 g/mol. The van der Waals surface area contributed by atoms with Gasteiger partial charge in [0.15, 0.2) is 5.65 Å². The van der Waals surface area contributed by atoms with Gasteiger partial charge in [-0.2, -0.15) is 15.1 Å². The average Bonchev–Trinajstić information content (AvgIpc) is 3.42. The van der Waals surface area contributed by atoms with Crippen LogP contribution in [0, 0.1) is 5.82 Å². The number of hydrogen-bond donors (Lipinski definition) is 3. The van der Waals surface area contributed by atoms with Crippen LogP contribution in [0.15, 0.2) is 48.4 Å². The lowest BCUT2D eigenvalue weighted by Crippen LogP contribution is -2.29. The number of rotatable bonds is 4. The first-order valence-electron chi connectivity index (χ1n) is 10.8. The highest BCUT2D eigenvalue weighted by Gasteiger charge is 2.22. The van der Waals surface area contributed by atoms with Crippen molar-refractivity contribution in [3.05, 3.63) is 54.3 Å². The zero-order valence-corrected chi connectivity index (χ0v) is 18.2. The van der Waals surface area contributed by atoms with E-state index in [-0.39, 0.29) is 5.82 Å². The molecule has 0 spiro atoms. The molecule has 3 N–H and O–H groups in total. The van der Waals surface area contributed by atoms with Crippen molar-refractivity contribution in [2.45, 2.75) is 13.3 Å². The van der Waals surface area contributed by atoms with Gasteiger partial charge in [0, 0.05) is 31.6 Å². The third-order valence-corrected chi connectivity index (χ3v) is 6.01. The lowest BCUT2D eigenvalue weighted by Gasteiger charge is -2.27. The van der Waals surface area contributed by atoms with Crippen LogP contribution in [-0.2, 0) is 0 Å². The van der Waals surface area contributed by atoms with Crippen LogP contribution in [-0.4, -0.2) is 49.7 Å². The smallest absolute Gasteiger partial charge is 0.231 e. The first-order chi connectivity index (χ1) is 16.1. The van der Waals surface area contributed by atoms with Crippen LogP contribution in [0.5, 0.6) is 0 Å². The zero-order valence-electron chi connectivity index (χ0n) is 18.2. The Morgan fingerprint density at radius 2 is 2.12 bits per heavy atom. The van der Waals surface area contributed by atoms with E-state index in [0.717, 1.165) is 47.3 Å². The molecule has 0 aliphatic carbocycles. The maximum Gasteiger partial charge on any atom is 0.231 e. The third kappa shape index (κ3) is 3.30. The Kier molecular flexibility index (Phi) is 4.39. The van der Waals surface area contributed by atoms with Crippen molar-refractivity contribution in [1.29, 1.82) is 0 Å². The van der Waals surface area contributed by atoms with Crippen LogP contribution in [0.25, 0.3) is 27.6 Å². The fourth-order valence-electron chi connectivity index (χ4n) is 4.29. The van der Waals surface area contributed by atoms with Crippen molar-refractivity contribution in [2.24, 2.45) is 0 Å². The highest BCUT2D eigenvalue weighted by Crippen LogP contribution is 2.37. The molecule has 33 heavy (non-hydrogen) atoms. The maximum absolute atomic E-state index is 14.4. The molecular formula is C23H22FN9. The molecule has 0 unspecified atom stereocenters. The van der Waals surface area contributed by atoms with Crippen LogP contribution in [0.3, 0.4) is 0 Å². The Morgan fingerprint density at radius 3 is 2.94 bits per heavy atom. The molecular weight excluding hydrogens is 421 g/mol. The fourth-order valence-corrected chi connectivity index (χ4v) is 4.29. The number of aromatic nitrogens is 6. The van der Waals surface area contributed by atoms with Gasteiger partial charge in [-0.05, 0) is 25.5 Å². The second-order valence-corrected chi connectivity index (χ2v) is 8.19. The summed E-state index contributed by atoms with van der Waals surface area (Å²) in [7, 11) is 1.77. The van der Waals surface area contributed by atoms with E-state index >= 15 is 0 Å². The number of aromatic amines is 1. The summed E-state index contributed by atoms with van der Waals surface area (Å²) in [5.41, 5.74) is 4.93. The standard InChI is InChI=1S/C23H22FN9/c1-13-4-7-32(8-5-13)22-19-16-9-14(24)10-17(25-2)20(16)29-21(19)30-23(31-22)28-15-11-26-18-3-6-27-33(18)12-15/h3-4,6,9-12,25H,5,7-8H2,1-2H3,(H2,28,29,30,31). The van der Waals surface area contributed by atoms with Crippen molar-refractivity contribution < 1.29 is 4.39 Å². The topological polar surface area (TPSA) is 99.1 Å². The number of fused-ring (bicyclic) bond motifs is 4. The Balaban J connectivity index is 1.54. The van der Waals surface area contributed by atoms with Gasteiger partial charge >= 0.3 is 0 Å². The molecule has 0 fully saturated rings. The van der Waals surface area contributed by atoms with Crippen molar-refractivity contribution in [3.63, 3.8) is 0 Å². The Hall–Kier alpha value is -4.21. The quantitative estimate of drug-likeness (QED) is 0.358. The predicted molar refractivity (Wildman–Crippen MR) is 128 cm³/mol. The van der Waals surface area contributed by atoms with Crippen molar-refractivity contribution >= 4 is 50.7 Å². The maximum atomic E-state index is 14.4. The van der Waals surface area contributed by atoms with Crippen LogP contribution >= 0.6 is 0 Å². The minimum absolute atomic E-state index is 0.311. The Bertz CT molecular complexity index is 1550. The van der Waals surface area contributed by atoms with Gasteiger partial charge in [0.25, 0.3) is 0 Å². The van der Waals surface area contributed by atoms with Gasteiger partial charge in [-0.25, -0.2) is 13.9 Å². The third-order valence-electron chi connectivity index (χ3n) is 6.01. The molecule has 0 saturated carbocycles. The van der Waals surface area contributed by atoms with Crippen LogP contribution < -0.4 is 15.5 Å². The highest BCUT2D eigenvalue weighted by atomic mass is 19.1. The van der Waals surface area contributed by atoms with Gasteiger partial charge in [0.05, 0.1) is 40.9 Å². The Labute approximate surface area is 188 Å². The zero-order chi connectivity index (χ0) is 22.5. The first kappa shape index (κ1) is 19.5. The summed E-state index contributed by atoms with van der Waals surface area (Å²) in [4.78, 5) is 19.6. The van der Waals surface area contributed by atoms with E-state index < -0.39 is 0 Å². The lowest BCUT2D eigenvalue weighted by molar-refractivity contribution is 0.630. The molecule has 0 radical (unpaired) electrons. The van der Waals surface area contributed by atoms with Crippen LogP contribution in [0.4, 0.5) is 27.5 Å². The molecule has 0 bridgehead atoms. The van der Waals surface area contributed by atoms with Crippen molar-refractivity contribution in [1.82, 2.24) is 29.5 Å². The first-order valence-corrected chi connectivity index (χ1v) is 10.8. The SMILES string of the molecule is CNc1cc(F)cc2c1[nH]c1nc(Nc3cnc4ccnn4c3)nc(N3CC=C(C)CC3)c12. The number of benzene rings is 1. The molecule has 166 valence electrons. The molecule has 9 nitrogen and oxygen atoms in total. The molecule has 5 heterocycles. The number of H-pyrrole nitrogens is 1. The highest BCUT2D eigenvalue weighted by molar-refractivity contribution is 6.14. The molecule has 1 aromatic carbocycles. The number of nitrogens with one attached hydrogen (secondary N) is 3. The number of nitrogens with zero attached hydrogens (tertiary/aromatic N) is 6. The molecule has 0 amide bonds. The van der Waals surface area contributed by atoms with E-state index in [2.05, 4.69) is 43.6 Å². The molecule has 0 atom stereocenters. The second kappa shape index (κ2) is 7.44. The van der Waals surface area contributed by atoms with Gasteiger partial charge in [-0.1, -0.05) is 11.6 Å². The van der Waals surface area contributed by atoms with Gasteiger partial charge in [-0.15, -0.1) is 0 Å². The number of anilines is 4. The summed E-state index contributed by atoms with van der Waals surface area (Å²) in [6, 6.07) is 4.84. The van der Waals surface area contributed by atoms with Gasteiger partial charge in [0.1, 0.15) is 17.3 Å².